The first kappa shape index (κ1) is 9.07. The number of hydrogen-bond acceptors (Lipinski definition) is 2. The lowest BCUT2D eigenvalue weighted by molar-refractivity contribution is 0.389. The first-order chi connectivity index (χ1) is 5.86. The fourth-order valence-corrected chi connectivity index (χ4v) is 1.13. The number of hydrogen-bond donors (Lipinski definition) is 2. The monoisotopic (exact) mass is 165 g/mol. The molecule has 12 heavy (non-hydrogen) atoms. The molecule has 0 radical (unpaired) electrons. The van der Waals surface area contributed by atoms with Crippen molar-refractivity contribution >= 4 is 5.69 Å². The van der Waals surface area contributed by atoms with Crippen molar-refractivity contribution in [2.45, 2.75) is 26.2 Å². The average molecular weight is 165 g/mol. The summed E-state index contributed by atoms with van der Waals surface area (Å²) in [7, 11) is 0. The fourth-order valence-electron chi connectivity index (χ4n) is 1.13. The van der Waals surface area contributed by atoms with Crippen LogP contribution in [0.1, 0.15) is 25.3 Å². The highest BCUT2D eigenvalue weighted by atomic mass is 16.5. The Hall–Kier alpha value is -1.02. The highest BCUT2D eigenvalue weighted by Gasteiger charge is 1.92. The summed E-state index contributed by atoms with van der Waals surface area (Å²) < 4.78 is 0. The Balaban J connectivity index is 2.53. The molecular formula is C10H15NO. The zero-order valence-corrected chi connectivity index (χ0v) is 7.38. The fraction of sp³-hybridized carbons (Fsp3) is 0.400. The summed E-state index contributed by atoms with van der Waals surface area (Å²) in [6.07, 6.45) is 3.58. The molecule has 0 aliphatic rings. The van der Waals surface area contributed by atoms with Crippen molar-refractivity contribution in [2.24, 2.45) is 0 Å². The topological polar surface area (TPSA) is 32.3 Å². The van der Waals surface area contributed by atoms with Crippen molar-refractivity contribution in [3.05, 3.63) is 29.8 Å². The lowest BCUT2D eigenvalue weighted by Gasteiger charge is -2.01. The Morgan fingerprint density at radius 2 is 1.92 bits per heavy atom. The van der Waals surface area contributed by atoms with E-state index in [9.17, 15) is 0 Å². The highest BCUT2D eigenvalue weighted by molar-refractivity contribution is 5.42. The van der Waals surface area contributed by atoms with Gasteiger partial charge in [0.05, 0.1) is 5.69 Å². The van der Waals surface area contributed by atoms with Crippen LogP contribution in [0.4, 0.5) is 5.69 Å². The van der Waals surface area contributed by atoms with Crippen molar-refractivity contribution in [1.29, 1.82) is 0 Å². The number of anilines is 1. The molecule has 1 aromatic carbocycles. The number of rotatable bonds is 4. The predicted octanol–water partition coefficient (Wildman–Crippen LogP) is 2.83. The van der Waals surface area contributed by atoms with Crippen molar-refractivity contribution in [1.82, 2.24) is 0 Å². The van der Waals surface area contributed by atoms with Gasteiger partial charge in [0.2, 0.25) is 0 Å². The Labute approximate surface area is 73.2 Å². The number of unbranched alkanes of at least 4 members (excludes halogenated alkanes) is 1. The first-order valence-electron chi connectivity index (χ1n) is 4.36. The maximum Gasteiger partial charge on any atom is 0.0602 e. The van der Waals surface area contributed by atoms with Gasteiger partial charge in [-0.05, 0) is 30.5 Å². The van der Waals surface area contributed by atoms with Crippen LogP contribution in [-0.4, -0.2) is 5.21 Å². The molecule has 0 bridgehead atoms. The SMILES string of the molecule is CCCCc1ccc(NO)cc1. The van der Waals surface area contributed by atoms with Crippen LogP contribution in [0.5, 0.6) is 0 Å². The molecule has 0 saturated carbocycles. The Kier molecular flexibility index (Phi) is 3.61. The van der Waals surface area contributed by atoms with E-state index in [1.165, 1.54) is 18.4 Å². The summed E-state index contributed by atoms with van der Waals surface area (Å²) >= 11 is 0. The Morgan fingerprint density at radius 1 is 1.25 bits per heavy atom. The third-order valence-electron chi connectivity index (χ3n) is 1.90. The molecule has 0 spiro atoms. The molecule has 1 aromatic rings. The summed E-state index contributed by atoms with van der Waals surface area (Å²) in [6.45, 7) is 2.18. The Morgan fingerprint density at radius 3 is 2.42 bits per heavy atom. The number of aryl methyl sites for hydroxylation is 1. The van der Waals surface area contributed by atoms with Gasteiger partial charge in [0.25, 0.3) is 0 Å². The summed E-state index contributed by atoms with van der Waals surface area (Å²) in [5, 5.41) is 8.55. The maximum atomic E-state index is 8.55. The molecule has 2 heteroatoms. The zero-order chi connectivity index (χ0) is 8.81. The molecule has 0 amide bonds. The van der Waals surface area contributed by atoms with E-state index in [0.717, 1.165) is 12.1 Å². The minimum atomic E-state index is 0.746. The molecule has 1 rings (SSSR count). The van der Waals surface area contributed by atoms with Crippen LogP contribution in [-0.2, 0) is 6.42 Å². The minimum Gasteiger partial charge on any atom is -0.291 e. The van der Waals surface area contributed by atoms with E-state index in [4.69, 9.17) is 5.21 Å². The van der Waals surface area contributed by atoms with Gasteiger partial charge in [-0.1, -0.05) is 25.5 Å². The molecule has 0 atom stereocenters. The third kappa shape index (κ3) is 2.55. The Bertz CT molecular complexity index is 218. The van der Waals surface area contributed by atoms with Crippen molar-refractivity contribution in [3.63, 3.8) is 0 Å². The van der Waals surface area contributed by atoms with Crippen molar-refractivity contribution < 1.29 is 5.21 Å². The molecule has 0 aliphatic heterocycles. The largest absolute Gasteiger partial charge is 0.291 e. The lowest BCUT2D eigenvalue weighted by Crippen LogP contribution is -1.89. The summed E-state index contributed by atoms with van der Waals surface area (Å²) in [5.74, 6) is 0. The standard InChI is InChI=1S/C10H15NO/c1-2-3-4-9-5-7-10(11-12)8-6-9/h5-8,11-12H,2-4H2,1H3. The average Bonchev–Trinajstić information content (AvgIpc) is 2.15. The number of nitrogens with one attached hydrogen (secondary N) is 1. The molecule has 0 unspecified atom stereocenters. The van der Waals surface area contributed by atoms with Crippen LogP contribution < -0.4 is 5.48 Å². The van der Waals surface area contributed by atoms with E-state index < -0.39 is 0 Å². The molecule has 0 fully saturated rings. The van der Waals surface area contributed by atoms with E-state index in [1.807, 2.05) is 24.3 Å². The lowest BCUT2D eigenvalue weighted by atomic mass is 10.1. The van der Waals surface area contributed by atoms with Gasteiger partial charge in [-0.2, -0.15) is 0 Å². The summed E-state index contributed by atoms with van der Waals surface area (Å²) in [5.41, 5.74) is 4.19. The normalized spacial score (nSPS) is 9.83. The summed E-state index contributed by atoms with van der Waals surface area (Å²) in [4.78, 5) is 0. The van der Waals surface area contributed by atoms with Gasteiger partial charge in [-0.3, -0.25) is 10.7 Å². The maximum absolute atomic E-state index is 8.55. The molecule has 66 valence electrons. The van der Waals surface area contributed by atoms with Gasteiger partial charge >= 0.3 is 0 Å². The van der Waals surface area contributed by atoms with Gasteiger partial charge in [0.15, 0.2) is 0 Å². The summed E-state index contributed by atoms with van der Waals surface area (Å²) in [6, 6.07) is 7.83. The predicted molar refractivity (Wildman–Crippen MR) is 50.5 cm³/mol. The van der Waals surface area contributed by atoms with Crippen LogP contribution >= 0.6 is 0 Å². The van der Waals surface area contributed by atoms with E-state index in [1.54, 1.807) is 0 Å². The molecule has 0 aliphatic carbocycles. The van der Waals surface area contributed by atoms with Gasteiger partial charge in [0.1, 0.15) is 0 Å². The van der Waals surface area contributed by atoms with Crippen molar-refractivity contribution in [2.75, 3.05) is 5.48 Å². The van der Waals surface area contributed by atoms with E-state index in [2.05, 4.69) is 12.4 Å². The van der Waals surface area contributed by atoms with Gasteiger partial charge in [0, 0.05) is 0 Å². The van der Waals surface area contributed by atoms with Crippen LogP contribution in [0.15, 0.2) is 24.3 Å². The van der Waals surface area contributed by atoms with E-state index in [0.29, 0.717) is 0 Å². The number of benzene rings is 1. The van der Waals surface area contributed by atoms with Crippen molar-refractivity contribution in [3.8, 4) is 0 Å². The van der Waals surface area contributed by atoms with Gasteiger partial charge in [-0.15, -0.1) is 0 Å². The van der Waals surface area contributed by atoms with E-state index in [-0.39, 0.29) is 0 Å². The third-order valence-corrected chi connectivity index (χ3v) is 1.90. The molecule has 2 nitrogen and oxygen atoms in total. The van der Waals surface area contributed by atoms with Crippen LogP contribution in [0.3, 0.4) is 0 Å². The second kappa shape index (κ2) is 4.78. The second-order valence-electron chi connectivity index (χ2n) is 2.91. The smallest absolute Gasteiger partial charge is 0.0602 e. The zero-order valence-electron chi connectivity index (χ0n) is 7.38. The molecule has 0 saturated heterocycles. The quantitative estimate of drug-likeness (QED) is 0.672. The second-order valence-corrected chi connectivity index (χ2v) is 2.91. The van der Waals surface area contributed by atoms with Gasteiger partial charge in [-0.25, -0.2) is 0 Å². The van der Waals surface area contributed by atoms with Crippen LogP contribution in [0.25, 0.3) is 0 Å². The van der Waals surface area contributed by atoms with Crippen LogP contribution in [0.2, 0.25) is 0 Å². The first-order valence-corrected chi connectivity index (χ1v) is 4.36. The molecular weight excluding hydrogens is 150 g/mol. The van der Waals surface area contributed by atoms with Crippen LogP contribution in [0, 0.1) is 0 Å². The molecule has 0 heterocycles. The minimum absolute atomic E-state index is 0.746. The molecule has 0 aromatic heterocycles. The molecule has 2 N–H and O–H groups in total. The highest BCUT2D eigenvalue weighted by Crippen LogP contribution is 2.10. The van der Waals surface area contributed by atoms with Gasteiger partial charge < -0.3 is 0 Å². The van der Waals surface area contributed by atoms with E-state index >= 15 is 0 Å².